The number of carbonyl (C=O) groups excluding carboxylic acids is 1. The fourth-order valence-electron chi connectivity index (χ4n) is 2.53. The average molecular weight is 298 g/mol. The summed E-state index contributed by atoms with van der Waals surface area (Å²) in [6, 6.07) is 0. The molecule has 5 nitrogen and oxygen atoms in total. The minimum atomic E-state index is -2.88. The standard InChI is InChI=1S/C14H22N2O3S/c1-11(2)3-6-16-9-13(10-17)14(15-16)12-4-7-20(18,19)8-5-12/h9-12H,3-8H2,1-2H3. The summed E-state index contributed by atoms with van der Waals surface area (Å²) in [4.78, 5) is 11.2. The number of aldehydes is 1. The molecule has 1 aromatic rings. The highest BCUT2D eigenvalue weighted by molar-refractivity contribution is 7.91. The number of carbonyl (C=O) groups is 1. The van der Waals surface area contributed by atoms with Crippen LogP contribution in [0.5, 0.6) is 0 Å². The zero-order valence-corrected chi connectivity index (χ0v) is 12.9. The fraction of sp³-hybridized carbons (Fsp3) is 0.714. The lowest BCUT2D eigenvalue weighted by molar-refractivity contribution is 0.112. The monoisotopic (exact) mass is 298 g/mol. The number of nitrogens with zero attached hydrogens (tertiary/aromatic N) is 2. The van der Waals surface area contributed by atoms with Gasteiger partial charge in [-0.25, -0.2) is 8.42 Å². The van der Waals surface area contributed by atoms with Crippen molar-refractivity contribution in [1.82, 2.24) is 9.78 Å². The van der Waals surface area contributed by atoms with E-state index in [0.29, 0.717) is 24.3 Å². The maximum absolute atomic E-state index is 11.5. The molecular formula is C14H22N2O3S. The molecule has 0 aliphatic carbocycles. The Morgan fingerprint density at radius 2 is 2.05 bits per heavy atom. The maximum atomic E-state index is 11.5. The zero-order chi connectivity index (χ0) is 14.8. The number of aromatic nitrogens is 2. The second-order valence-electron chi connectivity index (χ2n) is 5.96. The highest BCUT2D eigenvalue weighted by Gasteiger charge is 2.28. The van der Waals surface area contributed by atoms with Crippen molar-refractivity contribution in [1.29, 1.82) is 0 Å². The molecule has 1 aliphatic heterocycles. The van der Waals surface area contributed by atoms with Crippen molar-refractivity contribution in [3.63, 3.8) is 0 Å². The predicted octanol–water partition coefficient (Wildman–Crippen LogP) is 2.03. The lowest BCUT2D eigenvalue weighted by Crippen LogP contribution is -2.23. The van der Waals surface area contributed by atoms with E-state index in [-0.39, 0.29) is 17.4 Å². The van der Waals surface area contributed by atoms with Gasteiger partial charge in [0.1, 0.15) is 9.84 Å². The summed E-state index contributed by atoms with van der Waals surface area (Å²) >= 11 is 0. The molecule has 1 aliphatic rings. The molecule has 2 rings (SSSR count). The van der Waals surface area contributed by atoms with Gasteiger partial charge in [0.05, 0.1) is 22.8 Å². The van der Waals surface area contributed by atoms with Gasteiger partial charge >= 0.3 is 0 Å². The van der Waals surface area contributed by atoms with E-state index < -0.39 is 9.84 Å². The topological polar surface area (TPSA) is 69.0 Å². The van der Waals surface area contributed by atoms with Crippen LogP contribution in [-0.2, 0) is 16.4 Å². The molecule has 0 radical (unpaired) electrons. The second kappa shape index (κ2) is 6.08. The third kappa shape index (κ3) is 3.69. The summed E-state index contributed by atoms with van der Waals surface area (Å²) in [6.07, 6.45) is 4.78. The predicted molar refractivity (Wildman–Crippen MR) is 77.7 cm³/mol. The van der Waals surface area contributed by atoms with E-state index in [2.05, 4.69) is 18.9 Å². The first-order chi connectivity index (χ1) is 9.41. The molecule has 0 aromatic carbocycles. The molecule has 1 saturated heterocycles. The molecule has 0 spiro atoms. The number of aryl methyl sites for hydroxylation is 1. The number of hydrogen-bond acceptors (Lipinski definition) is 4. The summed E-state index contributed by atoms with van der Waals surface area (Å²) in [5.74, 6) is 1.09. The second-order valence-corrected chi connectivity index (χ2v) is 8.26. The highest BCUT2D eigenvalue weighted by atomic mass is 32.2. The van der Waals surface area contributed by atoms with Gasteiger partial charge in [0.15, 0.2) is 6.29 Å². The Bertz CT molecular complexity index is 561. The van der Waals surface area contributed by atoms with E-state index in [0.717, 1.165) is 24.9 Å². The van der Waals surface area contributed by atoms with E-state index in [1.54, 1.807) is 6.20 Å². The van der Waals surface area contributed by atoms with E-state index in [1.807, 2.05) is 4.68 Å². The first-order valence-corrected chi connectivity index (χ1v) is 8.96. The number of hydrogen-bond donors (Lipinski definition) is 0. The van der Waals surface area contributed by atoms with Gasteiger partial charge in [-0.1, -0.05) is 13.8 Å². The quantitative estimate of drug-likeness (QED) is 0.780. The van der Waals surface area contributed by atoms with E-state index >= 15 is 0 Å². The summed E-state index contributed by atoms with van der Waals surface area (Å²) in [5.41, 5.74) is 1.39. The first kappa shape index (κ1) is 15.2. The Labute approximate surface area is 120 Å². The molecule has 112 valence electrons. The fourth-order valence-corrected chi connectivity index (χ4v) is 4.02. The van der Waals surface area contributed by atoms with Crippen LogP contribution in [0.25, 0.3) is 0 Å². The van der Waals surface area contributed by atoms with Crippen LogP contribution in [0.15, 0.2) is 6.20 Å². The van der Waals surface area contributed by atoms with Gasteiger partial charge in [0, 0.05) is 18.7 Å². The van der Waals surface area contributed by atoms with Crippen LogP contribution in [0, 0.1) is 5.92 Å². The molecule has 1 aromatic heterocycles. The normalized spacial score (nSPS) is 19.4. The molecule has 2 heterocycles. The number of sulfone groups is 1. The van der Waals surface area contributed by atoms with Crippen molar-refractivity contribution < 1.29 is 13.2 Å². The van der Waals surface area contributed by atoms with Crippen LogP contribution < -0.4 is 0 Å². The van der Waals surface area contributed by atoms with Crippen molar-refractivity contribution >= 4 is 16.1 Å². The third-order valence-corrected chi connectivity index (χ3v) is 5.54. The van der Waals surface area contributed by atoms with Crippen molar-refractivity contribution in [2.24, 2.45) is 5.92 Å². The van der Waals surface area contributed by atoms with Gasteiger partial charge in [-0.05, 0) is 25.2 Å². The van der Waals surface area contributed by atoms with Crippen molar-refractivity contribution in [3.05, 3.63) is 17.5 Å². The maximum Gasteiger partial charge on any atom is 0.153 e. The van der Waals surface area contributed by atoms with Crippen LogP contribution in [-0.4, -0.2) is 36.0 Å². The van der Waals surface area contributed by atoms with Gasteiger partial charge in [-0.2, -0.15) is 5.10 Å². The van der Waals surface area contributed by atoms with Gasteiger partial charge in [-0.15, -0.1) is 0 Å². The zero-order valence-electron chi connectivity index (χ0n) is 12.1. The molecule has 0 N–H and O–H groups in total. The Morgan fingerprint density at radius 3 is 2.60 bits per heavy atom. The molecule has 0 atom stereocenters. The Balaban J connectivity index is 2.12. The van der Waals surface area contributed by atoms with Gasteiger partial charge in [0.25, 0.3) is 0 Å². The van der Waals surface area contributed by atoms with Gasteiger partial charge in [-0.3, -0.25) is 9.48 Å². The van der Waals surface area contributed by atoms with Crippen LogP contribution in [0.1, 0.15) is 55.1 Å². The highest BCUT2D eigenvalue weighted by Crippen LogP contribution is 2.29. The summed E-state index contributed by atoms with van der Waals surface area (Å²) in [5, 5.41) is 4.52. The smallest absolute Gasteiger partial charge is 0.153 e. The third-order valence-electron chi connectivity index (χ3n) is 3.82. The molecule has 6 heteroatoms. The van der Waals surface area contributed by atoms with Crippen LogP contribution in [0.3, 0.4) is 0 Å². The van der Waals surface area contributed by atoms with Gasteiger partial charge in [0.2, 0.25) is 0 Å². The van der Waals surface area contributed by atoms with Crippen molar-refractivity contribution in [2.75, 3.05) is 11.5 Å². The van der Waals surface area contributed by atoms with E-state index in [4.69, 9.17) is 0 Å². The Morgan fingerprint density at radius 1 is 1.40 bits per heavy atom. The van der Waals surface area contributed by atoms with Crippen LogP contribution >= 0.6 is 0 Å². The van der Waals surface area contributed by atoms with Gasteiger partial charge < -0.3 is 0 Å². The van der Waals surface area contributed by atoms with E-state index in [1.165, 1.54) is 0 Å². The lowest BCUT2D eigenvalue weighted by atomic mass is 9.96. The molecule has 0 saturated carbocycles. The first-order valence-electron chi connectivity index (χ1n) is 7.14. The van der Waals surface area contributed by atoms with Crippen molar-refractivity contribution in [3.8, 4) is 0 Å². The van der Waals surface area contributed by atoms with Crippen molar-refractivity contribution in [2.45, 2.75) is 45.6 Å². The minimum Gasteiger partial charge on any atom is -0.298 e. The molecule has 0 bridgehead atoms. The number of rotatable bonds is 5. The summed E-state index contributed by atoms with van der Waals surface area (Å²) in [7, 11) is -2.88. The summed E-state index contributed by atoms with van der Waals surface area (Å²) < 4.78 is 24.8. The minimum absolute atomic E-state index is 0.0963. The van der Waals surface area contributed by atoms with Crippen LogP contribution in [0.4, 0.5) is 0 Å². The Hall–Kier alpha value is -1.17. The van der Waals surface area contributed by atoms with Crippen LogP contribution in [0.2, 0.25) is 0 Å². The molecule has 0 amide bonds. The Kier molecular flexibility index (Phi) is 4.62. The molecule has 20 heavy (non-hydrogen) atoms. The lowest BCUT2D eigenvalue weighted by Gasteiger charge is -2.20. The molecular weight excluding hydrogens is 276 g/mol. The van der Waals surface area contributed by atoms with E-state index in [9.17, 15) is 13.2 Å². The molecule has 0 unspecified atom stereocenters. The average Bonchev–Trinajstić information content (AvgIpc) is 2.79. The summed E-state index contributed by atoms with van der Waals surface area (Å²) in [6.45, 7) is 5.09. The largest absolute Gasteiger partial charge is 0.298 e. The SMILES string of the molecule is CC(C)CCn1cc(C=O)c(C2CCS(=O)(=O)CC2)n1. The molecule has 1 fully saturated rings.